The molecule has 2 N–H and O–H groups in total. The molecular formula is C16H28N4. The third kappa shape index (κ3) is 3.30. The topological polar surface area (TPSA) is 45.4 Å². The molecule has 1 aliphatic rings. The molecule has 20 heavy (non-hydrogen) atoms. The lowest BCUT2D eigenvalue weighted by Crippen LogP contribution is -2.49. The van der Waals surface area contributed by atoms with E-state index in [0.29, 0.717) is 6.04 Å². The Morgan fingerprint density at radius 2 is 1.85 bits per heavy atom. The smallest absolute Gasteiger partial charge is 0.128 e. The fourth-order valence-corrected chi connectivity index (χ4v) is 2.81. The summed E-state index contributed by atoms with van der Waals surface area (Å²) in [6.07, 6.45) is 0.953. The number of aryl methyl sites for hydroxylation is 1. The van der Waals surface area contributed by atoms with Crippen molar-refractivity contribution in [2.24, 2.45) is 5.73 Å². The van der Waals surface area contributed by atoms with Crippen LogP contribution in [0.15, 0.2) is 12.1 Å². The van der Waals surface area contributed by atoms with Crippen LogP contribution >= 0.6 is 0 Å². The summed E-state index contributed by atoms with van der Waals surface area (Å²) in [5.41, 5.74) is 8.37. The molecule has 0 bridgehead atoms. The first-order chi connectivity index (χ1) is 9.52. The van der Waals surface area contributed by atoms with Gasteiger partial charge in [-0.1, -0.05) is 13.0 Å². The highest BCUT2D eigenvalue weighted by atomic mass is 15.3. The number of rotatable bonds is 4. The normalized spacial score (nSPS) is 18.6. The molecule has 0 aromatic carbocycles. The summed E-state index contributed by atoms with van der Waals surface area (Å²) in [6, 6.07) is 5.02. The molecule has 0 aliphatic carbocycles. The first kappa shape index (κ1) is 15.3. The predicted molar refractivity (Wildman–Crippen MR) is 85.1 cm³/mol. The van der Waals surface area contributed by atoms with Crippen molar-refractivity contribution in [2.45, 2.75) is 46.2 Å². The Balaban J connectivity index is 2.06. The highest BCUT2D eigenvalue weighted by Gasteiger charge is 2.20. The van der Waals surface area contributed by atoms with E-state index >= 15 is 0 Å². The third-order valence-electron chi connectivity index (χ3n) is 4.32. The molecule has 1 aliphatic heterocycles. The van der Waals surface area contributed by atoms with Crippen LogP contribution in [0.5, 0.6) is 0 Å². The van der Waals surface area contributed by atoms with Crippen LogP contribution in [0, 0.1) is 6.92 Å². The van der Waals surface area contributed by atoms with Crippen molar-refractivity contribution in [3.05, 3.63) is 23.4 Å². The van der Waals surface area contributed by atoms with Gasteiger partial charge < -0.3 is 10.6 Å². The minimum Gasteiger partial charge on any atom is -0.354 e. The van der Waals surface area contributed by atoms with Crippen LogP contribution in [0.25, 0.3) is 0 Å². The number of pyridine rings is 1. The Morgan fingerprint density at radius 3 is 2.35 bits per heavy atom. The van der Waals surface area contributed by atoms with Gasteiger partial charge in [-0.05, 0) is 38.8 Å². The van der Waals surface area contributed by atoms with Crippen molar-refractivity contribution in [3.8, 4) is 0 Å². The highest BCUT2D eigenvalue weighted by Crippen LogP contribution is 2.21. The number of nitrogens with two attached hydrogens (primary N) is 1. The van der Waals surface area contributed by atoms with E-state index in [0.717, 1.165) is 44.1 Å². The fourth-order valence-electron chi connectivity index (χ4n) is 2.81. The van der Waals surface area contributed by atoms with Gasteiger partial charge in [-0.3, -0.25) is 4.90 Å². The number of anilines is 1. The molecule has 1 aromatic rings. The third-order valence-corrected chi connectivity index (χ3v) is 4.32. The Labute approximate surface area is 123 Å². The van der Waals surface area contributed by atoms with E-state index in [1.807, 2.05) is 0 Å². The van der Waals surface area contributed by atoms with E-state index in [-0.39, 0.29) is 6.04 Å². The Morgan fingerprint density at radius 1 is 1.20 bits per heavy atom. The lowest BCUT2D eigenvalue weighted by molar-refractivity contribution is 0.209. The van der Waals surface area contributed by atoms with E-state index in [9.17, 15) is 0 Å². The van der Waals surface area contributed by atoms with E-state index in [1.54, 1.807) is 0 Å². The average Bonchev–Trinajstić information content (AvgIpc) is 2.46. The quantitative estimate of drug-likeness (QED) is 0.917. The minimum absolute atomic E-state index is 0.106. The van der Waals surface area contributed by atoms with Crippen molar-refractivity contribution < 1.29 is 0 Å². The minimum atomic E-state index is 0.106. The second-order valence-electron chi connectivity index (χ2n) is 5.98. The summed E-state index contributed by atoms with van der Waals surface area (Å²) in [5, 5.41) is 0. The predicted octanol–water partition coefficient (Wildman–Crippen LogP) is 2.33. The van der Waals surface area contributed by atoms with Gasteiger partial charge in [0.2, 0.25) is 0 Å². The van der Waals surface area contributed by atoms with Crippen LogP contribution in [0.4, 0.5) is 5.82 Å². The molecule has 0 unspecified atom stereocenters. The summed E-state index contributed by atoms with van der Waals surface area (Å²) in [4.78, 5) is 9.66. The van der Waals surface area contributed by atoms with Crippen LogP contribution in [0.2, 0.25) is 0 Å². The van der Waals surface area contributed by atoms with Crippen molar-refractivity contribution in [3.63, 3.8) is 0 Å². The van der Waals surface area contributed by atoms with Crippen LogP contribution < -0.4 is 10.6 Å². The summed E-state index contributed by atoms with van der Waals surface area (Å²) in [6.45, 7) is 13.1. The Kier molecular flexibility index (Phi) is 5.00. The van der Waals surface area contributed by atoms with Gasteiger partial charge in [0.05, 0.1) is 0 Å². The molecule has 2 rings (SSSR count). The van der Waals surface area contributed by atoms with Crippen molar-refractivity contribution in [2.75, 3.05) is 31.1 Å². The number of hydrogen-bond acceptors (Lipinski definition) is 4. The van der Waals surface area contributed by atoms with Crippen LogP contribution in [-0.2, 0) is 0 Å². The molecule has 4 nitrogen and oxygen atoms in total. The first-order valence-corrected chi connectivity index (χ1v) is 7.75. The van der Waals surface area contributed by atoms with E-state index < -0.39 is 0 Å². The molecule has 112 valence electrons. The summed E-state index contributed by atoms with van der Waals surface area (Å²) in [5.74, 6) is 1.10. The second-order valence-corrected chi connectivity index (χ2v) is 5.98. The van der Waals surface area contributed by atoms with Gasteiger partial charge in [0.1, 0.15) is 5.82 Å². The van der Waals surface area contributed by atoms with Crippen LogP contribution in [0.3, 0.4) is 0 Å². The van der Waals surface area contributed by atoms with Crippen LogP contribution in [-0.4, -0.2) is 42.1 Å². The fraction of sp³-hybridized carbons (Fsp3) is 0.688. The van der Waals surface area contributed by atoms with Gasteiger partial charge in [-0.15, -0.1) is 0 Å². The second kappa shape index (κ2) is 6.55. The molecule has 1 aromatic heterocycles. The first-order valence-electron chi connectivity index (χ1n) is 7.75. The number of piperazine rings is 1. The molecule has 0 radical (unpaired) electrons. The monoisotopic (exact) mass is 276 g/mol. The molecule has 0 saturated carbocycles. The Hall–Kier alpha value is -1.13. The maximum absolute atomic E-state index is 6.11. The van der Waals surface area contributed by atoms with E-state index in [1.165, 1.54) is 5.56 Å². The molecule has 2 heterocycles. The lowest BCUT2D eigenvalue weighted by Gasteiger charge is -2.37. The highest BCUT2D eigenvalue weighted by molar-refractivity contribution is 5.43. The molecule has 0 amide bonds. The summed E-state index contributed by atoms with van der Waals surface area (Å²) < 4.78 is 0. The lowest BCUT2D eigenvalue weighted by atomic mass is 10.0. The maximum Gasteiger partial charge on any atom is 0.128 e. The Bertz CT molecular complexity index is 436. The van der Waals surface area contributed by atoms with Gasteiger partial charge in [0, 0.05) is 44.0 Å². The van der Waals surface area contributed by atoms with Gasteiger partial charge in [-0.25, -0.2) is 4.98 Å². The van der Waals surface area contributed by atoms with E-state index in [4.69, 9.17) is 10.7 Å². The molecule has 0 spiro atoms. The molecule has 1 saturated heterocycles. The average molecular weight is 276 g/mol. The zero-order valence-electron chi connectivity index (χ0n) is 13.3. The van der Waals surface area contributed by atoms with Crippen molar-refractivity contribution in [1.29, 1.82) is 0 Å². The zero-order chi connectivity index (χ0) is 14.7. The molecule has 4 heteroatoms. The molecule has 1 atom stereocenters. The summed E-state index contributed by atoms with van der Waals surface area (Å²) in [7, 11) is 0. The van der Waals surface area contributed by atoms with Gasteiger partial charge in [-0.2, -0.15) is 0 Å². The van der Waals surface area contributed by atoms with Gasteiger partial charge >= 0.3 is 0 Å². The standard InChI is InChI=1S/C16H28N4/c1-5-15(17)14-6-7-16(18-13(14)4)20-10-8-19(9-11-20)12(2)3/h6-7,12,15H,5,8-11,17H2,1-4H3/t15-/m0/s1. The SMILES string of the molecule is CC[C@H](N)c1ccc(N2CCN(C(C)C)CC2)nc1C. The number of aromatic nitrogens is 1. The summed E-state index contributed by atoms with van der Waals surface area (Å²) >= 11 is 0. The van der Waals surface area contributed by atoms with Crippen molar-refractivity contribution in [1.82, 2.24) is 9.88 Å². The van der Waals surface area contributed by atoms with E-state index in [2.05, 4.69) is 49.6 Å². The number of hydrogen-bond donors (Lipinski definition) is 1. The molecule has 1 fully saturated rings. The van der Waals surface area contributed by atoms with Gasteiger partial charge in [0.15, 0.2) is 0 Å². The number of nitrogens with zero attached hydrogens (tertiary/aromatic N) is 3. The van der Waals surface area contributed by atoms with Gasteiger partial charge in [0.25, 0.3) is 0 Å². The maximum atomic E-state index is 6.11. The zero-order valence-corrected chi connectivity index (χ0v) is 13.3. The van der Waals surface area contributed by atoms with Crippen LogP contribution in [0.1, 0.15) is 44.5 Å². The van der Waals surface area contributed by atoms with Crippen molar-refractivity contribution >= 4 is 5.82 Å². The largest absolute Gasteiger partial charge is 0.354 e. The molecular weight excluding hydrogens is 248 g/mol.